The lowest BCUT2D eigenvalue weighted by atomic mass is 9.96. The van der Waals surface area contributed by atoms with Gasteiger partial charge in [-0.25, -0.2) is 8.78 Å². The van der Waals surface area contributed by atoms with Gasteiger partial charge < -0.3 is 5.73 Å². The third-order valence-corrected chi connectivity index (χ3v) is 3.72. The standard InChI is InChI=1S/C15H12BrF2NO/c1-7-3-8(2)14(19)5-9(7)15(20)10-4-13(18)11(16)6-12(10)17/h3-6H,19H2,1-2H3. The fourth-order valence-electron chi connectivity index (χ4n) is 1.96. The first kappa shape index (κ1) is 14.7. The van der Waals surface area contributed by atoms with E-state index >= 15 is 0 Å². The molecule has 0 unspecified atom stereocenters. The van der Waals surface area contributed by atoms with Crippen LogP contribution >= 0.6 is 15.9 Å². The number of anilines is 1. The van der Waals surface area contributed by atoms with Crippen molar-refractivity contribution in [1.29, 1.82) is 0 Å². The monoisotopic (exact) mass is 339 g/mol. The number of aryl methyl sites for hydroxylation is 2. The van der Waals surface area contributed by atoms with Crippen LogP contribution in [-0.4, -0.2) is 5.78 Å². The average Bonchev–Trinajstić information content (AvgIpc) is 2.37. The minimum atomic E-state index is -0.776. The topological polar surface area (TPSA) is 43.1 Å². The van der Waals surface area contributed by atoms with E-state index in [0.717, 1.165) is 17.7 Å². The average molecular weight is 340 g/mol. The van der Waals surface area contributed by atoms with Crippen LogP contribution in [-0.2, 0) is 0 Å². The van der Waals surface area contributed by atoms with Crippen LogP contribution < -0.4 is 5.73 Å². The van der Waals surface area contributed by atoms with E-state index in [9.17, 15) is 13.6 Å². The first-order valence-electron chi connectivity index (χ1n) is 5.87. The number of ketones is 1. The van der Waals surface area contributed by atoms with Gasteiger partial charge in [-0.05, 0) is 59.1 Å². The van der Waals surface area contributed by atoms with Gasteiger partial charge in [0.1, 0.15) is 11.6 Å². The Labute approximate surface area is 123 Å². The summed E-state index contributed by atoms with van der Waals surface area (Å²) < 4.78 is 27.3. The number of halogens is 3. The lowest BCUT2D eigenvalue weighted by molar-refractivity contribution is 0.103. The van der Waals surface area contributed by atoms with Gasteiger partial charge in [0.05, 0.1) is 10.0 Å². The molecular formula is C15H12BrF2NO. The van der Waals surface area contributed by atoms with Crippen LogP contribution in [0.5, 0.6) is 0 Å². The Bertz CT molecular complexity index is 654. The summed E-state index contributed by atoms with van der Waals surface area (Å²) in [6.45, 7) is 3.54. The fraction of sp³-hybridized carbons (Fsp3) is 0.133. The molecule has 0 fully saturated rings. The largest absolute Gasteiger partial charge is 0.398 e. The van der Waals surface area contributed by atoms with Crippen LogP contribution in [0.25, 0.3) is 0 Å². The van der Waals surface area contributed by atoms with Crippen LogP contribution in [0.4, 0.5) is 14.5 Å². The summed E-state index contributed by atoms with van der Waals surface area (Å²) in [5, 5.41) is 0. The lowest BCUT2D eigenvalue weighted by Crippen LogP contribution is -2.08. The summed E-state index contributed by atoms with van der Waals surface area (Å²) in [5.41, 5.74) is 7.68. The predicted octanol–water partition coefficient (Wildman–Crippen LogP) is 4.16. The quantitative estimate of drug-likeness (QED) is 0.507. The number of benzene rings is 2. The minimum absolute atomic E-state index is 0.0216. The van der Waals surface area contributed by atoms with E-state index in [1.165, 1.54) is 6.07 Å². The summed E-state index contributed by atoms with van der Waals surface area (Å²) in [4.78, 5) is 12.3. The molecule has 2 rings (SSSR count). The minimum Gasteiger partial charge on any atom is -0.398 e. The molecule has 0 aromatic heterocycles. The maximum atomic E-state index is 13.8. The molecule has 20 heavy (non-hydrogen) atoms. The molecule has 0 saturated heterocycles. The van der Waals surface area contributed by atoms with Gasteiger partial charge >= 0.3 is 0 Å². The van der Waals surface area contributed by atoms with Crippen molar-refractivity contribution in [1.82, 2.24) is 0 Å². The number of carbonyl (C=O) groups excluding carboxylic acids is 1. The highest BCUT2D eigenvalue weighted by molar-refractivity contribution is 9.10. The van der Waals surface area contributed by atoms with Gasteiger partial charge in [-0.3, -0.25) is 4.79 Å². The molecule has 0 radical (unpaired) electrons. The molecule has 0 aliphatic rings. The summed E-state index contributed by atoms with van der Waals surface area (Å²) in [5.74, 6) is -2.05. The number of hydrogen-bond donors (Lipinski definition) is 1. The van der Waals surface area contributed by atoms with E-state index in [2.05, 4.69) is 15.9 Å². The van der Waals surface area contributed by atoms with Crippen LogP contribution in [0.1, 0.15) is 27.0 Å². The molecule has 0 saturated carbocycles. The second-order valence-electron chi connectivity index (χ2n) is 4.60. The van der Waals surface area contributed by atoms with Gasteiger partial charge in [0.2, 0.25) is 0 Å². The van der Waals surface area contributed by atoms with Gasteiger partial charge in [0.15, 0.2) is 5.78 Å². The Morgan fingerprint density at radius 1 is 1.00 bits per heavy atom. The maximum absolute atomic E-state index is 13.8. The first-order chi connectivity index (χ1) is 9.31. The summed E-state index contributed by atoms with van der Waals surface area (Å²) >= 11 is 2.87. The van der Waals surface area contributed by atoms with E-state index in [1.807, 2.05) is 6.92 Å². The zero-order valence-corrected chi connectivity index (χ0v) is 12.5. The molecular weight excluding hydrogens is 328 g/mol. The van der Waals surface area contributed by atoms with E-state index in [1.54, 1.807) is 13.0 Å². The molecule has 0 aliphatic heterocycles. The number of hydrogen-bond acceptors (Lipinski definition) is 2. The molecule has 0 bridgehead atoms. The van der Waals surface area contributed by atoms with Gasteiger partial charge in [0.25, 0.3) is 0 Å². The first-order valence-corrected chi connectivity index (χ1v) is 6.66. The van der Waals surface area contributed by atoms with Crippen LogP contribution in [0.2, 0.25) is 0 Å². The summed E-state index contributed by atoms with van der Waals surface area (Å²) in [6.07, 6.45) is 0. The molecule has 0 atom stereocenters. The zero-order chi connectivity index (χ0) is 15.0. The summed E-state index contributed by atoms with van der Waals surface area (Å²) in [7, 11) is 0. The third kappa shape index (κ3) is 2.58. The Balaban J connectivity index is 2.57. The Morgan fingerprint density at radius 2 is 1.65 bits per heavy atom. The second kappa shape index (κ2) is 5.32. The molecule has 0 heterocycles. The molecule has 2 aromatic rings. The van der Waals surface area contributed by atoms with Crippen molar-refractivity contribution >= 4 is 27.4 Å². The van der Waals surface area contributed by atoms with E-state index in [4.69, 9.17) is 5.73 Å². The highest BCUT2D eigenvalue weighted by atomic mass is 79.9. The number of carbonyl (C=O) groups is 1. The highest BCUT2D eigenvalue weighted by Crippen LogP contribution is 2.25. The molecule has 2 N–H and O–H groups in total. The van der Waals surface area contributed by atoms with Crippen LogP contribution in [0.15, 0.2) is 28.7 Å². The van der Waals surface area contributed by atoms with Crippen molar-refractivity contribution < 1.29 is 13.6 Å². The molecule has 104 valence electrons. The molecule has 0 amide bonds. The Hall–Kier alpha value is -1.75. The smallest absolute Gasteiger partial charge is 0.196 e. The maximum Gasteiger partial charge on any atom is 0.196 e. The predicted molar refractivity (Wildman–Crippen MR) is 77.8 cm³/mol. The van der Waals surface area contributed by atoms with Crippen molar-refractivity contribution in [3.8, 4) is 0 Å². The zero-order valence-electron chi connectivity index (χ0n) is 10.9. The van der Waals surface area contributed by atoms with Gasteiger partial charge in [-0.15, -0.1) is 0 Å². The van der Waals surface area contributed by atoms with E-state index < -0.39 is 17.4 Å². The van der Waals surface area contributed by atoms with Crippen molar-refractivity contribution in [2.24, 2.45) is 0 Å². The Kier molecular flexibility index (Phi) is 3.90. The van der Waals surface area contributed by atoms with Gasteiger partial charge in [0, 0.05) is 11.3 Å². The van der Waals surface area contributed by atoms with E-state index in [-0.39, 0.29) is 15.6 Å². The van der Waals surface area contributed by atoms with Gasteiger partial charge in [-0.1, -0.05) is 6.07 Å². The number of nitrogen functional groups attached to an aromatic ring is 1. The van der Waals surface area contributed by atoms with Crippen LogP contribution in [0, 0.1) is 25.5 Å². The van der Waals surface area contributed by atoms with Crippen molar-refractivity contribution in [3.05, 3.63) is 62.6 Å². The lowest BCUT2D eigenvalue weighted by Gasteiger charge is -2.10. The molecule has 2 aromatic carbocycles. The molecule has 0 spiro atoms. The number of nitrogens with two attached hydrogens (primary N) is 1. The molecule has 5 heteroatoms. The van der Waals surface area contributed by atoms with Crippen molar-refractivity contribution in [2.45, 2.75) is 13.8 Å². The highest BCUT2D eigenvalue weighted by Gasteiger charge is 2.19. The number of rotatable bonds is 2. The van der Waals surface area contributed by atoms with Crippen LogP contribution in [0.3, 0.4) is 0 Å². The fourth-order valence-corrected chi connectivity index (χ4v) is 2.27. The van der Waals surface area contributed by atoms with Gasteiger partial charge in [-0.2, -0.15) is 0 Å². The Morgan fingerprint density at radius 3 is 2.30 bits per heavy atom. The molecule has 0 aliphatic carbocycles. The summed E-state index contributed by atoms with van der Waals surface area (Å²) in [6, 6.07) is 5.06. The molecule has 2 nitrogen and oxygen atoms in total. The van der Waals surface area contributed by atoms with Crippen molar-refractivity contribution in [2.75, 3.05) is 5.73 Å². The SMILES string of the molecule is Cc1cc(C)c(C(=O)c2cc(F)c(Br)cc2F)cc1N. The van der Waals surface area contributed by atoms with E-state index in [0.29, 0.717) is 11.3 Å². The second-order valence-corrected chi connectivity index (χ2v) is 5.45. The third-order valence-electron chi connectivity index (χ3n) is 3.11. The van der Waals surface area contributed by atoms with Crippen molar-refractivity contribution in [3.63, 3.8) is 0 Å². The normalized spacial score (nSPS) is 10.7.